The van der Waals surface area contributed by atoms with E-state index in [2.05, 4.69) is 40.5 Å². The Bertz CT molecular complexity index is 313. The molecule has 0 aliphatic carbocycles. The van der Waals surface area contributed by atoms with Gasteiger partial charge in [-0.2, -0.15) is 0 Å². The molecule has 1 fully saturated rings. The van der Waals surface area contributed by atoms with Gasteiger partial charge in [-0.25, -0.2) is 0 Å². The third-order valence-corrected chi connectivity index (χ3v) is 3.43. The van der Waals surface area contributed by atoms with Crippen molar-refractivity contribution >= 4 is 0 Å². The van der Waals surface area contributed by atoms with Crippen molar-refractivity contribution in [2.75, 3.05) is 26.2 Å². The van der Waals surface area contributed by atoms with Gasteiger partial charge in [0.05, 0.1) is 0 Å². The number of rotatable bonds is 6. The molecule has 1 aromatic carbocycles. The summed E-state index contributed by atoms with van der Waals surface area (Å²) in [6.45, 7) is 5.03. The second kappa shape index (κ2) is 6.74. The minimum atomic E-state index is 0.682. The normalized spacial score (nSPS) is 20.9. The first kappa shape index (κ1) is 12.6. The van der Waals surface area contributed by atoms with Crippen molar-refractivity contribution in [1.82, 2.24) is 10.2 Å². The first-order valence-electron chi connectivity index (χ1n) is 6.59. The highest BCUT2D eigenvalue weighted by atomic mass is 15.2. The summed E-state index contributed by atoms with van der Waals surface area (Å²) >= 11 is 0. The maximum absolute atomic E-state index is 5.50. The first-order valence-corrected chi connectivity index (χ1v) is 6.59. The molecule has 17 heavy (non-hydrogen) atoms. The average Bonchev–Trinajstić information content (AvgIpc) is 2.79. The topological polar surface area (TPSA) is 41.3 Å². The van der Waals surface area contributed by atoms with Gasteiger partial charge in [-0.15, -0.1) is 0 Å². The van der Waals surface area contributed by atoms with E-state index in [0.29, 0.717) is 6.04 Å². The van der Waals surface area contributed by atoms with Gasteiger partial charge >= 0.3 is 0 Å². The second-order valence-corrected chi connectivity index (χ2v) is 4.74. The van der Waals surface area contributed by atoms with Gasteiger partial charge in [-0.3, -0.25) is 4.90 Å². The summed E-state index contributed by atoms with van der Waals surface area (Å²) < 4.78 is 0. The average molecular weight is 233 g/mol. The van der Waals surface area contributed by atoms with E-state index in [1.54, 1.807) is 0 Å². The van der Waals surface area contributed by atoms with Crippen LogP contribution in [0.5, 0.6) is 0 Å². The fourth-order valence-corrected chi connectivity index (χ4v) is 2.52. The fraction of sp³-hybridized carbons (Fsp3) is 0.571. The van der Waals surface area contributed by atoms with Gasteiger partial charge in [-0.1, -0.05) is 30.3 Å². The molecular formula is C14H23N3. The number of nitrogens with one attached hydrogen (secondary N) is 1. The van der Waals surface area contributed by atoms with E-state index in [1.807, 2.05) is 0 Å². The van der Waals surface area contributed by atoms with Crippen molar-refractivity contribution < 1.29 is 0 Å². The van der Waals surface area contributed by atoms with Gasteiger partial charge in [0.1, 0.15) is 0 Å². The quantitative estimate of drug-likeness (QED) is 0.725. The number of likely N-dealkylation sites (tertiary alicyclic amines) is 1. The molecule has 94 valence electrons. The summed E-state index contributed by atoms with van der Waals surface area (Å²) in [7, 11) is 0. The van der Waals surface area contributed by atoms with Gasteiger partial charge in [0.15, 0.2) is 0 Å². The molecule has 0 radical (unpaired) electrons. The van der Waals surface area contributed by atoms with Crippen LogP contribution in [0.3, 0.4) is 0 Å². The highest BCUT2D eigenvalue weighted by molar-refractivity contribution is 5.14. The zero-order valence-electron chi connectivity index (χ0n) is 10.4. The molecular weight excluding hydrogens is 210 g/mol. The molecule has 1 saturated heterocycles. The third kappa shape index (κ3) is 3.80. The fourth-order valence-electron chi connectivity index (χ4n) is 2.52. The van der Waals surface area contributed by atoms with Gasteiger partial charge in [0, 0.05) is 32.2 Å². The van der Waals surface area contributed by atoms with Crippen LogP contribution in [0, 0.1) is 0 Å². The lowest BCUT2D eigenvalue weighted by atomic mass is 10.2. The lowest BCUT2D eigenvalue weighted by Crippen LogP contribution is -2.39. The van der Waals surface area contributed by atoms with Crippen LogP contribution in [0.15, 0.2) is 30.3 Å². The van der Waals surface area contributed by atoms with E-state index in [4.69, 9.17) is 5.73 Å². The maximum Gasteiger partial charge on any atom is 0.0237 e. The number of hydrogen-bond donors (Lipinski definition) is 2. The Morgan fingerprint density at radius 1 is 1.29 bits per heavy atom. The van der Waals surface area contributed by atoms with E-state index >= 15 is 0 Å². The van der Waals surface area contributed by atoms with Crippen LogP contribution in [-0.4, -0.2) is 37.1 Å². The molecule has 2 rings (SSSR count). The first-order chi connectivity index (χ1) is 8.40. The van der Waals surface area contributed by atoms with Crippen molar-refractivity contribution in [3.05, 3.63) is 35.9 Å². The standard InChI is InChI=1S/C14H23N3/c15-8-9-16-11-14-7-4-10-17(14)12-13-5-2-1-3-6-13/h1-3,5-6,14,16H,4,7-12,15H2. The highest BCUT2D eigenvalue weighted by Gasteiger charge is 2.23. The minimum absolute atomic E-state index is 0.682. The molecule has 3 nitrogen and oxygen atoms in total. The predicted octanol–water partition coefficient (Wildman–Crippen LogP) is 1.20. The largest absolute Gasteiger partial charge is 0.329 e. The summed E-state index contributed by atoms with van der Waals surface area (Å²) in [5, 5.41) is 3.43. The molecule has 0 amide bonds. The molecule has 1 aromatic rings. The Morgan fingerprint density at radius 2 is 2.12 bits per heavy atom. The molecule has 1 aliphatic heterocycles. The van der Waals surface area contributed by atoms with Crippen molar-refractivity contribution in [3.63, 3.8) is 0 Å². The van der Waals surface area contributed by atoms with E-state index in [0.717, 1.165) is 26.2 Å². The van der Waals surface area contributed by atoms with Crippen molar-refractivity contribution in [1.29, 1.82) is 0 Å². The Morgan fingerprint density at radius 3 is 2.88 bits per heavy atom. The van der Waals surface area contributed by atoms with Gasteiger partial charge in [0.2, 0.25) is 0 Å². The Labute approximate surface area is 104 Å². The summed E-state index contributed by atoms with van der Waals surface area (Å²) in [5.41, 5.74) is 6.91. The molecule has 1 aliphatic rings. The second-order valence-electron chi connectivity index (χ2n) is 4.74. The lowest BCUT2D eigenvalue weighted by molar-refractivity contribution is 0.240. The van der Waals surface area contributed by atoms with Crippen LogP contribution in [0.2, 0.25) is 0 Å². The summed E-state index contributed by atoms with van der Waals surface area (Å²) in [4.78, 5) is 2.58. The van der Waals surface area contributed by atoms with E-state index in [-0.39, 0.29) is 0 Å². The number of nitrogens with zero attached hydrogens (tertiary/aromatic N) is 1. The number of hydrogen-bond acceptors (Lipinski definition) is 3. The molecule has 1 heterocycles. The molecule has 0 bridgehead atoms. The zero-order valence-corrected chi connectivity index (χ0v) is 10.4. The van der Waals surface area contributed by atoms with Crippen LogP contribution in [-0.2, 0) is 6.54 Å². The molecule has 3 N–H and O–H groups in total. The van der Waals surface area contributed by atoms with Crippen LogP contribution >= 0.6 is 0 Å². The Balaban J connectivity index is 1.82. The number of benzene rings is 1. The molecule has 0 spiro atoms. The lowest BCUT2D eigenvalue weighted by Gasteiger charge is -2.24. The van der Waals surface area contributed by atoms with E-state index in [1.165, 1.54) is 24.9 Å². The van der Waals surface area contributed by atoms with Crippen molar-refractivity contribution in [2.24, 2.45) is 5.73 Å². The Hall–Kier alpha value is -0.900. The van der Waals surface area contributed by atoms with E-state index < -0.39 is 0 Å². The minimum Gasteiger partial charge on any atom is -0.329 e. The van der Waals surface area contributed by atoms with Crippen LogP contribution in [0.4, 0.5) is 0 Å². The molecule has 1 atom stereocenters. The van der Waals surface area contributed by atoms with Crippen molar-refractivity contribution in [2.45, 2.75) is 25.4 Å². The van der Waals surface area contributed by atoms with Gasteiger partial charge < -0.3 is 11.1 Å². The summed E-state index contributed by atoms with van der Waals surface area (Å²) in [5.74, 6) is 0. The maximum atomic E-state index is 5.50. The van der Waals surface area contributed by atoms with Crippen LogP contribution < -0.4 is 11.1 Å². The summed E-state index contributed by atoms with van der Waals surface area (Å²) in [6.07, 6.45) is 2.63. The number of nitrogens with two attached hydrogens (primary N) is 1. The molecule has 3 heteroatoms. The van der Waals surface area contributed by atoms with Crippen LogP contribution in [0.25, 0.3) is 0 Å². The third-order valence-electron chi connectivity index (χ3n) is 3.43. The van der Waals surface area contributed by atoms with E-state index in [9.17, 15) is 0 Å². The van der Waals surface area contributed by atoms with Gasteiger partial charge in [0.25, 0.3) is 0 Å². The smallest absolute Gasteiger partial charge is 0.0237 e. The van der Waals surface area contributed by atoms with Crippen LogP contribution in [0.1, 0.15) is 18.4 Å². The predicted molar refractivity (Wildman–Crippen MR) is 71.8 cm³/mol. The monoisotopic (exact) mass is 233 g/mol. The molecule has 0 aromatic heterocycles. The zero-order chi connectivity index (χ0) is 11.9. The molecule has 0 saturated carbocycles. The molecule has 1 unspecified atom stereocenters. The Kier molecular flexibility index (Phi) is 4.98. The highest BCUT2D eigenvalue weighted by Crippen LogP contribution is 2.19. The summed E-state index contributed by atoms with van der Waals surface area (Å²) in [6, 6.07) is 11.4. The van der Waals surface area contributed by atoms with Gasteiger partial charge in [-0.05, 0) is 24.9 Å². The SMILES string of the molecule is NCCNCC1CCCN1Cc1ccccc1. The van der Waals surface area contributed by atoms with Crippen molar-refractivity contribution in [3.8, 4) is 0 Å².